The number of nitrogens with one attached hydrogen (secondary N) is 1. The third-order valence-electron chi connectivity index (χ3n) is 3.42. The number of carbonyl (C=O) groups is 1. The molecule has 0 bridgehead atoms. The van der Waals surface area contributed by atoms with Crippen LogP contribution in [0.2, 0.25) is 0 Å². The first-order valence-electron chi connectivity index (χ1n) is 6.98. The van der Waals surface area contributed by atoms with E-state index < -0.39 is 28.5 Å². The Morgan fingerprint density at radius 3 is 2.58 bits per heavy atom. The number of hydrogen-bond donors (Lipinski definition) is 2. The van der Waals surface area contributed by atoms with Crippen LogP contribution in [-0.2, 0) is 14.8 Å². The van der Waals surface area contributed by atoms with Crippen molar-refractivity contribution in [2.75, 3.05) is 0 Å². The lowest BCUT2D eigenvalue weighted by Gasteiger charge is -2.17. The number of carboxylic acid groups (broad SMARTS) is 1. The number of aliphatic carboxylic acids is 1. The molecule has 0 aliphatic heterocycles. The van der Waals surface area contributed by atoms with E-state index in [1.807, 2.05) is 0 Å². The minimum Gasteiger partial charge on any atom is -0.481 e. The molecule has 0 radical (unpaired) electrons. The van der Waals surface area contributed by atoms with Crippen molar-refractivity contribution < 1.29 is 22.9 Å². The van der Waals surface area contributed by atoms with Crippen LogP contribution in [0.3, 0.4) is 0 Å². The van der Waals surface area contributed by atoms with Gasteiger partial charge in [0.15, 0.2) is 5.52 Å². The van der Waals surface area contributed by atoms with Crippen LogP contribution in [-0.4, -0.2) is 29.8 Å². The van der Waals surface area contributed by atoms with Gasteiger partial charge in [-0.3, -0.25) is 4.79 Å². The fourth-order valence-electron chi connectivity index (χ4n) is 2.34. The summed E-state index contributed by atoms with van der Waals surface area (Å²) in [4.78, 5) is 11.0. The molecule has 24 heavy (non-hydrogen) atoms. The minimum atomic E-state index is -4.03. The number of hydrogen-bond acceptors (Lipinski definition) is 6. The van der Waals surface area contributed by atoms with Crippen molar-refractivity contribution in [1.82, 2.24) is 15.0 Å². The lowest BCUT2D eigenvalue weighted by atomic mass is 10.1. The zero-order valence-corrected chi connectivity index (χ0v) is 13.1. The molecule has 8 nitrogen and oxygen atoms in total. The first-order valence-corrected chi connectivity index (χ1v) is 8.46. The van der Waals surface area contributed by atoms with Gasteiger partial charge in [-0.2, -0.15) is 0 Å². The molecule has 2 aromatic carbocycles. The van der Waals surface area contributed by atoms with Crippen LogP contribution in [0.4, 0.5) is 0 Å². The third kappa shape index (κ3) is 3.26. The molecule has 0 aliphatic carbocycles. The maximum absolute atomic E-state index is 12.7. The molecule has 1 unspecified atom stereocenters. The van der Waals surface area contributed by atoms with E-state index in [4.69, 9.17) is 5.11 Å². The lowest BCUT2D eigenvalue weighted by Crippen LogP contribution is -2.30. The molecule has 1 atom stereocenters. The highest BCUT2D eigenvalue weighted by molar-refractivity contribution is 7.89. The van der Waals surface area contributed by atoms with E-state index in [-0.39, 0.29) is 10.4 Å². The maximum Gasteiger partial charge on any atom is 0.305 e. The first-order chi connectivity index (χ1) is 11.5. The van der Waals surface area contributed by atoms with Gasteiger partial charge >= 0.3 is 5.97 Å². The van der Waals surface area contributed by atoms with Gasteiger partial charge in [-0.1, -0.05) is 36.4 Å². The number of benzene rings is 2. The molecule has 0 amide bonds. The summed E-state index contributed by atoms with van der Waals surface area (Å²) >= 11 is 0. The second kappa shape index (κ2) is 6.38. The maximum atomic E-state index is 12.7. The van der Waals surface area contributed by atoms with Crippen molar-refractivity contribution in [2.24, 2.45) is 0 Å². The SMILES string of the molecule is O=C(O)CC(NS(=O)(=O)c1cccc2nonc12)c1ccccc1. The molecular weight excluding hydrogens is 334 g/mol. The van der Waals surface area contributed by atoms with E-state index in [1.54, 1.807) is 36.4 Å². The van der Waals surface area contributed by atoms with Gasteiger partial charge in [-0.05, 0) is 28.0 Å². The van der Waals surface area contributed by atoms with Crippen LogP contribution in [0.1, 0.15) is 18.0 Å². The van der Waals surface area contributed by atoms with Gasteiger partial charge in [0.1, 0.15) is 10.4 Å². The van der Waals surface area contributed by atoms with Crippen molar-refractivity contribution >= 4 is 27.0 Å². The average Bonchev–Trinajstić information content (AvgIpc) is 3.02. The van der Waals surface area contributed by atoms with E-state index in [0.29, 0.717) is 11.1 Å². The van der Waals surface area contributed by atoms with Crippen LogP contribution < -0.4 is 4.72 Å². The van der Waals surface area contributed by atoms with E-state index >= 15 is 0 Å². The van der Waals surface area contributed by atoms with Gasteiger partial charge in [0.05, 0.1) is 12.5 Å². The normalized spacial score (nSPS) is 13.0. The van der Waals surface area contributed by atoms with Crippen molar-refractivity contribution in [3.05, 3.63) is 54.1 Å². The lowest BCUT2D eigenvalue weighted by molar-refractivity contribution is -0.137. The molecule has 1 heterocycles. The topological polar surface area (TPSA) is 122 Å². The van der Waals surface area contributed by atoms with Gasteiger partial charge in [-0.25, -0.2) is 17.8 Å². The fraction of sp³-hybridized carbons (Fsp3) is 0.133. The van der Waals surface area contributed by atoms with Gasteiger partial charge in [0.2, 0.25) is 10.0 Å². The average molecular weight is 347 g/mol. The van der Waals surface area contributed by atoms with Gasteiger partial charge in [-0.15, -0.1) is 0 Å². The van der Waals surface area contributed by atoms with Gasteiger partial charge in [0, 0.05) is 0 Å². The highest BCUT2D eigenvalue weighted by Gasteiger charge is 2.26. The second-order valence-corrected chi connectivity index (χ2v) is 6.75. The summed E-state index contributed by atoms with van der Waals surface area (Å²) in [6, 6.07) is 12.0. The molecule has 9 heteroatoms. The van der Waals surface area contributed by atoms with Gasteiger partial charge in [0.25, 0.3) is 0 Å². The summed E-state index contributed by atoms with van der Waals surface area (Å²) in [6.45, 7) is 0. The Hall–Kier alpha value is -2.78. The van der Waals surface area contributed by atoms with E-state index in [9.17, 15) is 13.2 Å². The molecule has 3 aromatic rings. The van der Waals surface area contributed by atoms with Crippen LogP contribution in [0.15, 0.2) is 58.1 Å². The molecule has 0 aliphatic rings. The zero-order chi connectivity index (χ0) is 17.2. The summed E-state index contributed by atoms with van der Waals surface area (Å²) in [6.07, 6.45) is -0.393. The predicted octanol–water partition coefficient (Wildman–Crippen LogP) is 1.72. The molecule has 0 fully saturated rings. The van der Waals surface area contributed by atoms with Crippen molar-refractivity contribution in [3.8, 4) is 0 Å². The minimum absolute atomic E-state index is 0.0899. The molecule has 3 rings (SSSR count). The van der Waals surface area contributed by atoms with Crippen molar-refractivity contribution in [2.45, 2.75) is 17.4 Å². The number of rotatable bonds is 6. The zero-order valence-electron chi connectivity index (χ0n) is 12.3. The Labute approximate surface area is 137 Å². The number of fused-ring (bicyclic) bond motifs is 1. The molecule has 0 spiro atoms. The number of nitrogens with zero attached hydrogens (tertiary/aromatic N) is 2. The number of aromatic nitrogens is 2. The highest BCUT2D eigenvalue weighted by atomic mass is 32.2. The smallest absolute Gasteiger partial charge is 0.305 e. The Balaban J connectivity index is 1.99. The molecule has 124 valence electrons. The van der Waals surface area contributed by atoms with Crippen LogP contribution in [0.25, 0.3) is 11.0 Å². The van der Waals surface area contributed by atoms with Crippen LogP contribution in [0, 0.1) is 0 Å². The Morgan fingerprint density at radius 1 is 1.12 bits per heavy atom. The second-order valence-electron chi connectivity index (χ2n) is 5.07. The molecular formula is C15H13N3O5S. The summed E-state index contributed by atoms with van der Waals surface area (Å²) in [5, 5.41) is 16.3. The predicted molar refractivity (Wildman–Crippen MR) is 83.6 cm³/mol. The Bertz CT molecular complexity index is 969. The monoisotopic (exact) mass is 347 g/mol. The fourth-order valence-corrected chi connectivity index (χ4v) is 3.71. The molecule has 1 aromatic heterocycles. The summed E-state index contributed by atoms with van der Waals surface area (Å²) in [5.41, 5.74) is 0.938. The third-order valence-corrected chi connectivity index (χ3v) is 4.92. The molecule has 0 saturated heterocycles. The molecule has 2 N–H and O–H groups in total. The first kappa shape index (κ1) is 16.1. The molecule has 0 saturated carbocycles. The Morgan fingerprint density at radius 2 is 1.88 bits per heavy atom. The largest absolute Gasteiger partial charge is 0.481 e. The highest BCUT2D eigenvalue weighted by Crippen LogP contribution is 2.24. The van der Waals surface area contributed by atoms with E-state index in [0.717, 1.165) is 0 Å². The van der Waals surface area contributed by atoms with E-state index in [2.05, 4.69) is 19.7 Å². The summed E-state index contributed by atoms with van der Waals surface area (Å²) < 4.78 is 32.4. The summed E-state index contributed by atoms with van der Waals surface area (Å²) in [5.74, 6) is -1.12. The van der Waals surface area contributed by atoms with E-state index in [1.165, 1.54) is 12.1 Å². The number of carboxylic acids is 1. The van der Waals surface area contributed by atoms with Crippen molar-refractivity contribution in [1.29, 1.82) is 0 Å². The number of sulfonamides is 1. The Kier molecular flexibility index (Phi) is 4.28. The van der Waals surface area contributed by atoms with Crippen LogP contribution in [0.5, 0.6) is 0 Å². The van der Waals surface area contributed by atoms with Crippen LogP contribution >= 0.6 is 0 Å². The summed E-state index contributed by atoms with van der Waals surface area (Å²) in [7, 11) is -4.03. The van der Waals surface area contributed by atoms with Crippen molar-refractivity contribution in [3.63, 3.8) is 0 Å². The quantitative estimate of drug-likeness (QED) is 0.696. The standard InChI is InChI=1S/C15H13N3O5S/c19-14(20)9-12(10-5-2-1-3-6-10)18-24(21,22)13-8-4-7-11-15(13)17-23-16-11/h1-8,12,18H,9H2,(H,19,20). The van der Waals surface area contributed by atoms with Gasteiger partial charge < -0.3 is 5.11 Å².